The van der Waals surface area contributed by atoms with Crippen molar-refractivity contribution < 1.29 is 4.74 Å². The lowest BCUT2D eigenvalue weighted by atomic mass is 10.2. The SMILES string of the molecule is CCOC(=C1CC1)c1cnc2cc(Br)ccc2n1. The van der Waals surface area contributed by atoms with E-state index in [1.165, 1.54) is 5.57 Å². The summed E-state index contributed by atoms with van der Waals surface area (Å²) >= 11 is 3.44. The van der Waals surface area contributed by atoms with Crippen LogP contribution in [0.25, 0.3) is 16.8 Å². The zero-order chi connectivity index (χ0) is 12.5. The van der Waals surface area contributed by atoms with Crippen LogP contribution in [0.5, 0.6) is 0 Å². The maximum atomic E-state index is 5.69. The molecule has 0 aliphatic heterocycles. The third-order valence-corrected chi connectivity index (χ3v) is 3.34. The van der Waals surface area contributed by atoms with Crippen molar-refractivity contribution in [1.82, 2.24) is 9.97 Å². The van der Waals surface area contributed by atoms with Crippen molar-refractivity contribution in [2.24, 2.45) is 0 Å². The van der Waals surface area contributed by atoms with Crippen LogP contribution in [-0.2, 0) is 4.74 Å². The van der Waals surface area contributed by atoms with Gasteiger partial charge in [0.15, 0.2) is 0 Å². The number of nitrogens with zero attached hydrogens (tertiary/aromatic N) is 2. The van der Waals surface area contributed by atoms with E-state index in [0.717, 1.165) is 39.8 Å². The molecule has 1 aromatic heterocycles. The van der Waals surface area contributed by atoms with Gasteiger partial charge in [0, 0.05) is 4.47 Å². The minimum absolute atomic E-state index is 0.666. The van der Waals surface area contributed by atoms with Crippen LogP contribution < -0.4 is 0 Å². The Balaban J connectivity index is 2.08. The number of aromatic nitrogens is 2. The molecule has 0 unspecified atom stereocenters. The quantitative estimate of drug-likeness (QED) is 0.806. The summed E-state index contributed by atoms with van der Waals surface area (Å²) in [7, 11) is 0. The van der Waals surface area contributed by atoms with Gasteiger partial charge in [-0.05, 0) is 43.5 Å². The zero-order valence-corrected chi connectivity index (χ0v) is 11.7. The highest BCUT2D eigenvalue weighted by Gasteiger charge is 2.21. The Hall–Kier alpha value is -1.42. The van der Waals surface area contributed by atoms with Crippen LogP contribution in [0.4, 0.5) is 0 Å². The molecule has 0 spiro atoms. The number of rotatable bonds is 3. The maximum absolute atomic E-state index is 5.69. The molecule has 4 heteroatoms. The second-order valence-corrected chi connectivity index (χ2v) is 5.17. The molecule has 92 valence electrons. The van der Waals surface area contributed by atoms with E-state index in [-0.39, 0.29) is 0 Å². The molecule has 1 aromatic carbocycles. The van der Waals surface area contributed by atoms with Crippen LogP contribution in [0.15, 0.2) is 34.4 Å². The van der Waals surface area contributed by atoms with Crippen LogP contribution in [0.1, 0.15) is 25.5 Å². The molecule has 0 atom stereocenters. The molecule has 0 saturated heterocycles. The molecule has 1 aliphatic carbocycles. The average Bonchev–Trinajstić information content (AvgIpc) is 3.20. The number of ether oxygens (including phenoxy) is 1. The molecule has 1 aliphatic rings. The summed E-state index contributed by atoms with van der Waals surface area (Å²) in [5, 5.41) is 0. The molecule has 0 N–H and O–H groups in total. The second kappa shape index (κ2) is 4.69. The minimum Gasteiger partial charge on any atom is -0.492 e. The van der Waals surface area contributed by atoms with Gasteiger partial charge in [-0.3, -0.25) is 4.98 Å². The molecule has 1 heterocycles. The van der Waals surface area contributed by atoms with E-state index in [4.69, 9.17) is 4.74 Å². The van der Waals surface area contributed by atoms with E-state index in [0.29, 0.717) is 6.61 Å². The van der Waals surface area contributed by atoms with Crippen molar-refractivity contribution in [1.29, 1.82) is 0 Å². The van der Waals surface area contributed by atoms with Crippen LogP contribution in [0.2, 0.25) is 0 Å². The van der Waals surface area contributed by atoms with Gasteiger partial charge in [-0.15, -0.1) is 0 Å². The first kappa shape index (κ1) is 11.7. The third kappa shape index (κ3) is 2.25. The lowest BCUT2D eigenvalue weighted by Crippen LogP contribution is -1.97. The average molecular weight is 305 g/mol. The first-order chi connectivity index (χ1) is 8.78. The van der Waals surface area contributed by atoms with E-state index in [9.17, 15) is 0 Å². The molecule has 1 fully saturated rings. The summed E-state index contributed by atoms with van der Waals surface area (Å²) in [4.78, 5) is 9.08. The molecular formula is C14H13BrN2O. The fraction of sp³-hybridized carbons (Fsp3) is 0.286. The van der Waals surface area contributed by atoms with Crippen LogP contribution in [0, 0.1) is 0 Å². The standard InChI is InChI=1S/C14H13BrN2O/c1-2-18-14(9-3-4-9)13-8-16-12-7-10(15)5-6-11(12)17-13/h5-8H,2-4H2,1H3. The predicted molar refractivity (Wildman–Crippen MR) is 75.0 cm³/mol. The van der Waals surface area contributed by atoms with Crippen molar-refractivity contribution in [2.45, 2.75) is 19.8 Å². The predicted octanol–water partition coefficient (Wildman–Crippen LogP) is 3.93. The summed E-state index contributed by atoms with van der Waals surface area (Å²) in [6, 6.07) is 5.92. The molecule has 1 saturated carbocycles. The van der Waals surface area contributed by atoms with Crippen LogP contribution in [0.3, 0.4) is 0 Å². The lowest BCUT2D eigenvalue weighted by Gasteiger charge is -2.08. The Kier molecular flexibility index (Phi) is 3.04. The number of benzene rings is 1. The largest absolute Gasteiger partial charge is 0.492 e. The molecule has 0 amide bonds. The van der Waals surface area contributed by atoms with Gasteiger partial charge in [0.1, 0.15) is 11.5 Å². The Morgan fingerprint density at radius 3 is 2.89 bits per heavy atom. The van der Waals surface area contributed by atoms with Gasteiger partial charge in [-0.25, -0.2) is 4.98 Å². The molecule has 0 bridgehead atoms. The van der Waals surface area contributed by atoms with E-state index in [1.54, 1.807) is 6.20 Å². The van der Waals surface area contributed by atoms with Crippen LogP contribution in [-0.4, -0.2) is 16.6 Å². The fourth-order valence-electron chi connectivity index (χ4n) is 1.88. The van der Waals surface area contributed by atoms with Crippen molar-refractivity contribution >= 4 is 32.7 Å². The van der Waals surface area contributed by atoms with Crippen LogP contribution >= 0.6 is 15.9 Å². The fourth-order valence-corrected chi connectivity index (χ4v) is 2.23. The Labute approximate surface area is 114 Å². The first-order valence-electron chi connectivity index (χ1n) is 6.05. The topological polar surface area (TPSA) is 35.0 Å². The number of hydrogen-bond acceptors (Lipinski definition) is 3. The number of halogens is 1. The summed E-state index contributed by atoms with van der Waals surface area (Å²) in [6.07, 6.45) is 4.04. The molecule has 18 heavy (non-hydrogen) atoms. The van der Waals surface area contributed by atoms with Crippen molar-refractivity contribution in [3.8, 4) is 0 Å². The van der Waals surface area contributed by atoms with Gasteiger partial charge in [0.2, 0.25) is 0 Å². The van der Waals surface area contributed by atoms with Crippen molar-refractivity contribution in [3.63, 3.8) is 0 Å². The van der Waals surface area contributed by atoms with E-state index in [1.807, 2.05) is 25.1 Å². The summed E-state index contributed by atoms with van der Waals surface area (Å²) < 4.78 is 6.71. The smallest absolute Gasteiger partial charge is 0.145 e. The molecule has 3 nitrogen and oxygen atoms in total. The number of allylic oxidation sites excluding steroid dienone is 1. The summed E-state index contributed by atoms with van der Waals surface area (Å²) in [5.41, 5.74) is 3.99. The first-order valence-corrected chi connectivity index (χ1v) is 6.84. The molecular weight excluding hydrogens is 292 g/mol. The van der Waals surface area contributed by atoms with Gasteiger partial charge in [-0.1, -0.05) is 15.9 Å². The number of hydrogen-bond donors (Lipinski definition) is 0. The minimum atomic E-state index is 0.666. The van der Waals surface area contributed by atoms with Gasteiger partial charge in [0.05, 0.1) is 23.8 Å². The highest BCUT2D eigenvalue weighted by Crippen LogP contribution is 2.36. The zero-order valence-electron chi connectivity index (χ0n) is 10.1. The van der Waals surface area contributed by atoms with E-state index >= 15 is 0 Å². The summed E-state index contributed by atoms with van der Waals surface area (Å²) in [5.74, 6) is 0.926. The maximum Gasteiger partial charge on any atom is 0.145 e. The van der Waals surface area contributed by atoms with Crippen molar-refractivity contribution in [3.05, 3.63) is 40.1 Å². The highest BCUT2D eigenvalue weighted by molar-refractivity contribution is 9.10. The molecule has 2 aromatic rings. The van der Waals surface area contributed by atoms with Gasteiger partial charge in [-0.2, -0.15) is 0 Å². The lowest BCUT2D eigenvalue weighted by molar-refractivity contribution is 0.295. The second-order valence-electron chi connectivity index (χ2n) is 4.25. The van der Waals surface area contributed by atoms with Crippen molar-refractivity contribution in [2.75, 3.05) is 6.61 Å². The highest BCUT2D eigenvalue weighted by atomic mass is 79.9. The normalized spacial score (nSPS) is 13.8. The molecule has 0 radical (unpaired) electrons. The van der Waals surface area contributed by atoms with Gasteiger partial charge >= 0.3 is 0 Å². The number of fused-ring (bicyclic) bond motifs is 1. The Morgan fingerprint density at radius 2 is 2.17 bits per heavy atom. The Morgan fingerprint density at radius 1 is 1.33 bits per heavy atom. The van der Waals surface area contributed by atoms with Gasteiger partial charge < -0.3 is 4.74 Å². The monoisotopic (exact) mass is 304 g/mol. The molecule has 3 rings (SSSR count). The third-order valence-electron chi connectivity index (χ3n) is 2.85. The van der Waals surface area contributed by atoms with Gasteiger partial charge in [0.25, 0.3) is 0 Å². The van der Waals surface area contributed by atoms with E-state index in [2.05, 4.69) is 25.9 Å². The Bertz CT molecular complexity index is 631. The van der Waals surface area contributed by atoms with E-state index < -0.39 is 0 Å². The summed E-state index contributed by atoms with van der Waals surface area (Å²) in [6.45, 7) is 2.66.